The summed E-state index contributed by atoms with van der Waals surface area (Å²) in [5.41, 5.74) is 2.93. The molecule has 0 spiro atoms. The lowest BCUT2D eigenvalue weighted by Gasteiger charge is -2.35. The number of hydrogen-bond donors (Lipinski definition) is 2. The number of morpholine rings is 1. The van der Waals surface area contributed by atoms with Gasteiger partial charge < -0.3 is 19.9 Å². The van der Waals surface area contributed by atoms with Crippen molar-refractivity contribution in [2.75, 3.05) is 32.1 Å². The Hall–Kier alpha value is -2.86. The molecule has 0 saturated carbocycles. The molecule has 2 N–H and O–H groups in total. The van der Waals surface area contributed by atoms with Gasteiger partial charge in [-0.2, -0.15) is 0 Å². The number of para-hydroxylation sites is 1. The molecular formula is C20H22N4O2. The van der Waals surface area contributed by atoms with Crippen molar-refractivity contribution in [1.82, 2.24) is 14.9 Å². The fourth-order valence-corrected chi connectivity index (χ4v) is 3.48. The van der Waals surface area contributed by atoms with Crippen molar-refractivity contribution in [3.05, 3.63) is 59.9 Å². The van der Waals surface area contributed by atoms with Gasteiger partial charge >= 0.3 is 0 Å². The Balaban J connectivity index is 1.56. The number of fused-ring (bicyclic) bond motifs is 1. The number of rotatable bonds is 4. The summed E-state index contributed by atoms with van der Waals surface area (Å²) in [6, 6.07) is 11.9. The molecule has 2 aromatic heterocycles. The van der Waals surface area contributed by atoms with E-state index in [1.165, 1.54) is 10.9 Å². The molecule has 1 atom stereocenters. The minimum atomic E-state index is 0.00768. The lowest BCUT2D eigenvalue weighted by atomic mass is 10.0. The highest BCUT2D eigenvalue weighted by Gasteiger charge is 2.29. The molecule has 1 aromatic carbocycles. The van der Waals surface area contributed by atoms with Gasteiger partial charge in [0.25, 0.3) is 5.91 Å². The number of pyridine rings is 1. The highest BCUT2D eigenvalue weighted by Crippen LogP contribution is 2.23. The van der Waals surface area contributed by atoms with Crippen molar-refractivity contribution in [2.24, 2.45) is 0 Å². The zero-order valence-electron chi connectivity index (χ0n) is 14.7. The summed E-state index contributed by atoms with van der Waals surface area (Å²) >= 11 is 0. The molecule has 0 bridgehead atoms. The maximum atomic E-state index is 13.0. The van der Waals surface area contributed by atoms with Crippen LogP contribution >= 0.6 is 0 Å². The molecule has 1 fully saturated rings. The molecule has 1 aliphatic rings. The van der Waals surface area contributed by atoms with Gasteiger partial charge in [0, 0.05) is 36.9 Å². The molecule has 3 aromatic rings. The summed E-state index contributed by atoms with van der Waals surface area (Å²) in [5.74, 6) is 0.757. The average molecular weight is 350 g/mol. The summed E-state index contributed by atoms with van der Waals surface area (Å²) in [6.07, 6.45) is 4.43. The summed E-state index contributed by atoms with van der Waals surface area (Å²) in [6.45, 7) is 1.71. The number of aromatic amines is 1. The van der Waals surface area contributed by atoms with Crippen LogP contribution in [0.3, 0.4) is 0 Å². The maximum absolute atomic E-state index is 13.0. The highest BCUT2D eigenvalue weighted by atomic mass is 16.5. The topological polar surface area (TPSA) is 70.2 Å². The molecule has 26 heavy (non-hydrogen) atoms. The lowest BCUT2D eigenvalue weighted by molar-refractivity contribution is -0.00157. The Bertz CT molecular complexity index is 904. The summed E-state index contributed by atoms with van der Waals surface area (Å²) in [7, 11) is 1.81. The summed E-state index contributed by atoms with van der Waals surface area (Å²) < 4.78 is 5.67. The third-order valence-electron chi connectivity index (χ3n) is 4.89. The zero-order valence-corrected chi connectivity index (χ0v) is 14.7. The van der Waals surface area contributed by atoms with Crippen LogP contribution in [0.2, 0.25) is 0 Å². The number of benzene rings is 1. The Kier molecular flexibility index (Phi) is 4.58. The van der Waals surface area contributed by atoms with Gasteiger partial charge in [0.1, 0.15) is 5.82 Å². The predicted octanol–water partition coefficient (Wildman–Crippen LogP) is 2.69. The second-order valence-corrected chi connectivity index (χ2v) is 6.47. The van der Waals surface area contributed by atoms with E-state index in [9.17, 15) is 4.79 Å². The van der Waals surface area contributed by atoms with Crippen LogP contribution in [0.25, 0.3) is 10.9 Å². The smallest absolute Gasteiger partial charge is 0.255 e. The number of anilines is 1. The third-order valence-corrected chi connectivity index (χ3v) is 4.89. The van der Waals surface area contributed by atoms with E-state index in [2.05, 4.69) is 27.4 Å². The molecule has 0 radical (unpaired) electrons. The number of amides is 1. The number of hydrogen-bond acceptors (Lipinski definition) is 4. The molecule has 6 nitrogen and oxygen atoms in total. The maximum Gasteiger partial charge on any atom is 0.255 e. The molecule has 1 aliphatic heterocycles. The van der Waals surface area contributed by atoms with E-state index in [0.717, 1.165) is 17.8 Å². The van der Waals surface area contributed by atoms with Crippen LogP contribution in [0.15, 0.2) is 48.8 Å². The largest absolute Gasteiger partial charge is 0.377 e. The zero-order chi connectivity index (χ0) is 17.9. The SMILES string of the molecule is CNc1ccc(C(=O)N2CCOCC2Cc2c[nH]c3ccccc23)cn1. The number of nitrogens with zero attached hydrogens (tertiary/aromatic N) is 2. The Morgan fingerprint density at radius 3 is 3.04 bits per heavy atom. The third kappa shape index (κ3) is 3.15. The van der Waals surface area contributed by atoms with Crippen molar-refractivity contribution in [1.29, 1.82) is 0 Å². The van der Waals surface area contributed by atoms with Gasteiger partial charge in [-0.15, -0.1) is 0 Å². The van der Waals surface area contributed by atoms with Gasteiger partial charge in [-0.3, -0.25) is 4.79 Å². The quantitative estimate of drug-likeness (QED) is 0.759. The highest BCUT2D eigenvalue weighted by molar-refractivity contribution is 5.94. The number of H-pyrrole nitrogens is 1. The molecular weight excluding hydrogens is 328 g/mol. The van der Waals surface area contributed by atoms with Crippen molar-refractivity contribution >= 4 is 22.6 Å². The van der Waals surface area contributed by atoms with Crippen molar-refractivity contribution in [2.45, 2.75) is 12.5 Å². The monoisotopic (exact) mass is 350 g/mol. The van der Waals surface area contributed by atoms with E-state index < -0.39 is 0 Å². The van der Waals surface area contributed by atoms with Gasteiger partial charge in [-0.1, -0.05) is 18.2 Å². The van der Waals surface area contributed by atoms with Crippen LogP contribution in [0.4, 0.5) is 5.82 Å². The van der Waals surface area contributed by atoms with E-state index in [1.807, 2.05) is 42.4 Å². The standard InChI is InChI=1S/C20H22N4O2/c1-21-19-7-6-14(11-23-19)20(25)24-8-9-26-13-16(24)10-15-12-22-18-5-3-2-4-17(15)18/h2-7,11-12,16,22H,8-10,13H2,1H3,(H,21,23). The molecule has 1 unspecified atom stereocenters. The second-order valence-electron chi connectivity index (χ2n) is 6.47. The number of aromatic nitrogens is 2. The second kappa shape index (κ2) is 7.17. The Labute approximate surface area is 152 Å². The first-order valence-electron chi connectivity index (χ1n) is 8.84. The lowest BCUT2D eigenvalue weighted by Crippen LogP contribution is -2.49. The van der Waals surface area contributed by atoms with Crippen molar-refractivity contribution in [3.63, 3.8) is 0 Å². The number of carbonyl (C=O) groups excluding carboxylic acids is 1. The van der Waals surface area contributed by atoms with E-state index in [4.69, 9.17) is 4.74 Å². The van der Waals surface area contributed by atoms with Crippen LogP contribution in [-0.4, -0.2) is 53.6 Å². The van der Waals surface area contributed by atoms with Crippen LogP contribution in [0, 0.1) is 0 Å². The Morgan fingerprint density at radius 2 is 2.23 bits per heavy atom. The van der Waals surface area contributed by atoms with Crippen LogP contribution in [0.1, 0.15) is 15.9 Å². The van der Waals surface area contributed by atoms with Crippen molar-refractivity contribution in [3.8, 4) is 0 Å². The number of ether oxygens (including phenoxy) is 1. The van der Waals surface area contributed by atoms with E-state index in [1.54, 1.807) is 6.20 Å². The minimum absolute atomic E-state index is 0.00768. The summed E-state index contributed by atoms with van der Waals surface area (Å²) in [5, 5.41) is 4.17. The molecule has 6 heteroatoms. The average Bonchev–Trinajstić information content (AvgIpc) is 3.11. The van der Waals surface area contributed by atoms with E-state index in [-0.39, 0.29) is 11.9 Å². The van der Waals surface area contributed by atoms with Gasteiger partial charge in [0.2, 0.25) is 0 Å². The number of nitrogens with one attached hydrogen (secondary N) is 2. The van der Waals surface area contributed by atoms with Gasteiger partial charge in [0.05, 0.1) is 24.8 Å². The fraction of sp³-hybridized carbons (Fsp3) is 0.300. The first-order valence-corrected chi connectivity index (χ1v) is 8.84. The first-order chi connectivity index (χ1) is 12.8. The molecule has 3 heterocycles. The minimum Gasteiger partial charge on any atom is -0.377 e. The first kappa shape index (κ1) is 16.6. The number of carbonyl (C=O) groups is 1. The molecule has 0 aliphatic carbocycles. The van der Waals surface area contributed by atoms with Crippen LogP contribution in [0.5, 0.6) is 0 Å². The van der Waals surface area contributed by atoms with Gasteiger partial charge in [-0.05, 0) is 30.2 Å². The predicted molar refractivity (Wildman–Crippen MR) is 101 cm³/mol. The molecule has 1 amide bonds. The molecule has 134 valence electrons. The van der Waals surface area contributed by atoms with Gasteiger partial charge in [-0.25, -0.2) is 4.98 Å². The summed E-state index contributed by atoms with van der Waals surface area (Å²) in [4.78, 5) is 22.5. The van der Waals surface area contributed by atoms with Crippen LogP contribution < -0.4 is 5.32 Å². The fourth-order valence-electron chi connectivity index (χ4n) is 3.48. The van der Waals surface area contributed by atoms with Crippen molar-refractivity contribution < 1.29 is 9.53 Å². The molecule has 1 saturated heterocycles. The Morgan fingerprint density at radius 1 is 1.35 bits per heavy atom. The molecule has 4 rings (SSSR count). The van der Waals surface area contributed by atoms with Gasteiger partial charge in [0.15, 0.2) is 0 Å². The van der Waals surface area contributed by atoms with E-state index in [0.29, 0.717) is 25.3 Å². The van der Waals surface area contributed by atoms with E-state index >= 15 is 0 Å². The van der Waals surface area contributed by atoms with Crippen LogP contribution in [-0.2, 0) is 11.2 Å². The normalized spacial score (nSPS) is 17.4.